The quantitative estimate of drug-likeness (QED) is 0.767. The first kappa shape index (κ1) is 19.4. The summed E-state index contributed by atoms with van der Waals surface area (Å²) in [7, 11) is 0. The van der Waals surface area contributed by atoms with Gasteiger partial charge in [0, 0.05) is 17.9 Å². The second kappa shape index (κ2) is 7.46. The van der Waals surface area contributed by atoms with Gasteiger partial charge in [0.05, 0.1) is 15.7 Å². The van der Waals surface area contributed by atoms with Crippen LogP contribution in [-0.2, 0) is 0 Å². The molecule has 0 amide bonds. The van der Waals surface area contributed by atoms with Crippen molar-refractivity contribution in [2.45, 2.75) is 25.3 Å². The van der Waals surface area contributed by atoms with E-state index in [0.717, 1.165) is 23.2 Å². The van der Waals surface area contributed by atoms with Gasteiger partial charge in [0.2, 0.25) is 5.82 Å². The molecule has 2 aliphatic rings. The molecule has 1 aromatic heterocycles. The highest BCUT2D eigenvalue weighted by Crippen LogP contribution is 2.38. The van der Waals surface area contributed by atoms with Crippen molar-refractivity contribution in [3.63, 3.8) is 0 Å². The average molecular weight is 434 g/mol. The summed E-state index contributed by atoms with van der Waals surface area (Å²) in [5.41, 5.74) is 5.09. The zero-order valence-electron chi connectivity index (χ0n) is 15.2. The standard InChI is InChI=1S/C19H17Cl2N5O3/c1-10-5-6-13(9-25(10)11-3-2-4-11)29-16-14(20)7-12(8-15(16)21)26-19(28)23-18(27)17(22)24-26/h5-9,11H,1-4H2,(H2,22,24)(H,23,27,28). The summed E-state index contributed by atoms with van der Waals surface area (Å²) < 4.78 is 6.82. The number of nitrogen functional groups attached to an aromatic ring is 1. The smallest absolute Gasteiger partial charge is 0.349 e. The second-order valence-corrected chi connectivity index (χ2v) is 7.56. The van der Waals surface area contributed by atoms with Crippen LogP contribution in [0.4, 0.5) is 5.82 Å². The molecule has 150 valence electrons. The minimum absolute atomic E-state index is 0.167. The van der Waals surface area contributed by atoms with Crippen molar-refractivity contribution in [1.29, 1.82) is 0 Å². The number of H-pyrrole nitrogens is 1. The first-order chi connectivity index (χ1) is 13.8. The number of nitrogens with one attached hydrogen (secondary N) is 1. The maximum atomic E-state index is 12.0. The molecule has 10 heteroatoms. The second-order valence-electron chi connectivity index (χ2n) is 6.75. The van der Waals surface area contributed by atoms with E-state index in [9.17, 15) is 9.59 Å². The molecule has 3 N–H and O–H groups in total. The third-order valence-electron chi connectivity index (χ3n) is 4.81. The maximum Gasteiger partial charge on any atom is 0.349 e. The number of rotatable bonds is 4. The van der Waals surface area contributed by atoms with Crippen LogP contribution in [0, 0.1) is 0 Å². The summed E-state index contributed by atoms with van der Waals surface area (Å²) in [4.78, 5) is 27.6. The Morgan fingerprint density at radius 1 is 1.21 bits per heavy atom. The topological polar surface area (TPSA) is 106 Å². The minimum Gasteiger partial charge on any atom is -0.453 e. The molecule has 0 saturated heterocycles. The number of halogens is 2. The molecule has 0 bridgehead atoms. The fourth-order valence-electron chi connectivity index (χ4n) is 3.06. The molecule has 2 aromatic rings. The molecule has 2 heterocycles. The Morgan fingerprint density at radius 2 is 1.90 bits per heavy atom. The highest BCUT2D eigenvalue weighted by molar-refractivity contribution is 6.37. The van der Waals surface area contributed by atoms with Crippen molar-refractivity contribution in [1.82, 2.24) is 19.7 Å². The number of nitrogens with two attached hydrogens (primary N) is 1. The predicted octanol–water partition coefficient (Wildman–Crippen LogP) is 2.97. The summed E-state index contributed by atoms with van der Waals surface area (Å²) in [6.45, 7) is 4.05. The van der Waals surface area contributed by atoms with Gasteiger partial charge in [-0.25, -0.2) is 4.79 Å². The van der Waals surface area contributed by atoms with Crippen molar-refractivity contribution in [3.05, 3.63) is 79.4 Å². The van der Waals surface area contributed by atoms with Crippen molar-refractivity contribution in [2.75, 3.05) is 5.73 Å². The van der Waals surface area contributed by atoms with E-state index in [1.165, 1.54) is 18.6 Å². The summed E-state index contributed by atoms with van der Waals surface area (Å²) in [6.07, 6.45) is 8.95. The fraction of sp³-hybridized carbons (Fsp3) is 0.211. The fourth-order valence-corrected chi connectivity index (χ4v) is 3.62. The number of ether oxygens (including phenoxy) is 1. The van der Waals surface area contributed by atoms with Gasteiger partial charge in [0.25, 0.3) is 5.56 Å². The Kier molecular flexibility index (Phi) is 4.97. The van der Waals surface area contributed by atoms with Crippen LogP contribution in [0.25, 0.3) is 5.69 Å². The molecule has 0 unspecified atom stereocenters. The van der Waals surface area contributed by atoms with Crippen LogP contribution in [0.15, 0.2) is 58.1 Å². The van der Waals surface area contributed by atoms with E-state index in [1.807, 2.05) is 12.3 Å². The Balaban J connectivity index is 1.65. The van der Waals surface area contributed by atoms with Gasteiger partial charge in [-0.1, -0.05) is 29.8 Å². The molecule has 29 heavy (non-hydrogen) atoms. The molecule has 0 spiro atoms. The molecule has 0 radical (unpaired) electrons. The van der Waals surface area contributed by atoms with E-state index in [-0.39, 0.29) is 27.3 Å². The first-order valence-corrected chi connectivity index (χ1v) is 9.62. The van der Waals surface area contributed by atoms with E-state index in [4.69, 9.17) is 33.7 Å². The number of anilines is 1. The van der Waals surface area contributed by atoms with Gasteiger partial charge in [0.1, 0.15) is 5.76 Å². The number of benzene rings is 1. The number of allylic oxidation sites excluding steroid dienone is 2. The minimum atomic E-state index is -0.767. The van der Waals surface area contributed by atoms with Crippen LogP contribution in [0.3, 0.4) is 0 Å². The Labute approximate surface area is 175 Å². The average Bonchev–Trinajstić information content (AvgIpc) is 2.62. The molecule has 1 saturated carbocycles. The van der Waals surface area contributed by atoms with E-state index < -0.39 is 11.2 Å². The largest absolute Gasteiger partial charge is 0.453 e. The molecular formula is C19H17Cl2N5O3. The summed E-state index contributed by atoms with van der Waals surface area (Å²) >= 11 is 12.7. The zero-order valence-corrected chi connectivity index (χ0v) is 16.7. The Hall–Kier alpha value is -2.97. The number of hydrogen-bond acceptors (Lipinski definition) is 6. The molecule has 8 nitrogen and oxygen atoms in total. The molecule has 1 aliphatic carbocycles. The third kappa shape index (κ3) is 3.68. The van der Waals surface area contributed by atoms with Crippen LogP contribution < -0.4 is 21.7 Å². The number of aromatic amines is 1. The lowest BCUT2D eigenvalue weighted by molar-refractivity contribution is 0.221. The Bertz CT molecular complexity index is 1150. The number of hydrogen-bond donors (Lipinski definition) is 2. The first-order valence-electron chi connectivity index (χ1n) is 8.87. The van der Waals surface area contributed by atoms with Gasteiger partial charge >= 0.3 is 5.69 Å². The molecule has 4 rings (SSSR count). The highest BCUT2D eigenvalue weighted by Gasteiger charge is 2.26. The van der Waals surface area contributed by atoms with E-state index >= 15 is 0 Å². The number of nitrogens with zero attached hydrogens (tertiary/aromatic N) is 3. The lowest BCUT2D eigenvalue weighted by Crippen LogP contribution is -2.36. The molecule has 1 fully saturated rings. The van der Waals surface area contributed by atoms with E-state index in [2.05, 4.69) is 21.6 Å². The van der Waals surface area contributed by atoms with E-state index in [0.29, 0.717) is 11.8 Å². The normalized spacial score (nSPS) is 16.6. The van der Waals surface area contributed by atoms with Crippen LogP contribution in [0.5, 0.6) is 5.75 Å². The van der Waals surface area contributed by atoms with Crippen molar-refractivity contribution in [3.8, 4) is 11.4 Å². The van der Waals surface area contributed by atoms with Crippen molar-refractivity contribution >= 4 is 29.0 Å². The van der Waals surface area contributed by atoms with Crippen LogP contribution >= 0.6 is 23.2 Å². The van der Waals surface area contributed by atoms with Gasteiger partial charge in [-0.3, -0.25) is 9.78 Å². The molecule has 1 aromatic carbocycles. The van der Waals surface area contributed by atoms with Gasteiger partial charge in [-0.2, -0.15) is 4.68 Å². The Morgan fingerprint density at radius 3 is 2.52 bits per heavy atom. The van der Waals surface area contributed by atoms with Crippen LogP contribution in [0.1, 0.15) is 19.3 Å². The summed E-state index contributed by atoms with van der Waals surface area (Å²) in [5, 5.41) is 4.10. The summed E-state index contributed by atoms with van der Waals surface area (Å²) in [6, 6.07) is 3.32. The summed E-state index contributed by atoms with van der Waals surface area (Å²) in [5.74, 6) is 0.440. The predicted molar refractivity (Wildman–Crippen MR) is 111 cm³/mol. The van der Waals surface area contributed by atoms with Crippen molar-refractivity contribution in [2.24, 2.45) is 0 Å². The molecular weight excluding hydrogens is 417 g/mol. The van der Waals surface area contributed by atoms with Crippen molar-refractivity contribution < 1.29 is 4.74 Å². The zero-order chi connectivity index (χ0) is 20.7. The SMILES string of the molecule is C=C1C=CC(Oc2c(Cl)cc(-n3nc(N)c(=O)[nH]c3=O)cc2Cl)=CN1C1CCC1. The van der Waals surface area contributed by atoms with E-state index in [1.54, 1.807) is 6.08 Å². The van der Waals surface area contributed by atoms with Crippen LogP contribution in [-0.4, -0.2) is 25.7 Å². The lowest BCUT2D eigenvalue weighted by Gasteiger charge is -2.38. The molecule has 1 aliphatic heterocycles. The monoisotopic (exact) mass is 433 g/mol. The highest BCUT2D eigenvalue weighted by atomic mass is 35.5. The number of aromatic nitrogens is 3. The van der Waals surface area contributed by atoms with Gasteiger partial charge in [0.15, 0.2) is 5.75 Å². The van der Waals surface area contributed by atoms with Gasteiger partial charge in [-0.05, 0) is 43.5 Å². The van der Waals surface area contributed by atoms with Gasteiger partial charge in [-0.15, -0.1) is 5.10 Å². The molecule has 0 atom stereocenters. The third-order valence-corrected chi connectivity index (χ3v) is 5.37. The van der Waals surface area contributed by atoms with Gasteiger partial charge < -0.3 is 15.4 Å². The lowest BCUT2D eigenvalue weighted by atomic mass is 9.91. The maximum absolute atomic E-state index is 12.0. The van der Waals surface area contributed by atoms with Crippen LogP contribution in [0.2, 0.25) is 10.0 Å².